The first-order valence-corrected chi connectivity index (χ1v) is 20.3. The second-order valence-corrected chi connectivity index (χ2v) is 15.7. The van der Waals surface area contributed by atoms with E-state index in [2.05, 4.69) is 218 Å². The number of furan rings is 1. The van der Waals surface area contributed by atoms with Gasteiger partial charge in [-0.05, 0) is 165 Å². The molecule has 0 unspecified atom stereocenters. The highest BCUT2D eigenvalue weighted by molar-refractivity contribution is 6.14. The molecule has 11 aromatic carbocycles. The van der Waals surface area contributed by atoms with Gasteiger partial charge in [0.25, 0.3) is 0 Å². The lowest BCUT2D eigenvalue weighted by Crippen LogP contribution is -1.89. The van der Waals surface area contributed by atoms with Crippen molar-refractivity contribution in [2.75, 3.05) is 0 Å². The van der Waals surface area contributed by atoms with Crippen molar-refractivity contribution in [2.45, 2.75) is 0 Å². The summed E-state index contributed by atoms with van der Waals surface area (Å²) in [6.07, 6.45) is 0. The van der Waals surface area contributed by atoms with Crippen molar-refractivity contribution in [1.82, 2.24) is 0 Å². The summed E-state index contributed by atoms with van der Waals surface area (Å²) in [6, 6.07) is 79.8. The highest BCUT2D eigenvalue weighted by Gasteiger charge is 2.15. The molecule has 12 rings (SSSR count). The predicted octanol–water partition coefficient (Wildman–Crippen LogP) is 16.5. The minimum Gasteiger partial charge on any atom is -0.456 e. The van der Waals surface area contributed by atoms with E-state index in [1.54, 1.807) is 0 Å². The van der Waals surface area contributed by atoms with Crippen LogP contribution < -0.4 is 0 Å². The van der Waals surface area contributed by atoms with Gasteiger partial charge in [-0.25, -0.2) is 0 Å². The molecule has 1 heterocycles. The monoisotopic (exact) mass is 748 g/mol. The van der Waals surface area contributed by atoms with Crippen molar-refractivity contribution < 1.29 is 4.42 Å². The largest absolute Gasteiger partial charge is 0.456 e. The Labute approximate surface area is 342 Å². The molecule has 0 atom stereocenters. The molecular weight excluding hydrogens is 713 g/mol. The fourth-order valence-corrected chi connectivity index (χ4v) is 9.15. The Morgan fingerprint density at radius 3 is 1.31 bits per heavy atom. The standard InChI is InChI=1S/C58H36O/c1-2-10-37(11-3-1)45-24-26-57-55(34-45)56-35-46(25-27-58(56)59-57)49-31-48(32-50(33-49)54-36-47-14-6-7-15-51(47)52-16-8-9-17-53(52)54)44-23-22-42-29-41(20-21-43(42)30-44)40-19-18-38-12-4-5-13-39(38)28-40/h1-36H. The smallest absolute Gasteiger partial charge is 0.135 e. The maximum atomic E-state index is 6.41. The van der Waals surface area contributed by atoms with Crippen molar-refractivity contribution in [2.24, 2.45) is 0 Å². The molecule has 0 aliphatic carbocycles. The van der Waals surface area contributed by atoms with Crippen LogP contribution in [0.3, 0.4) is 0 Å². The number of hydrogen-bond donors (Lipinski definition) is 0. The van der Waals surface area contributed by atoms with E-state index < -0.39 is 0 Å². The summed E-state index contributed by atoms with van der Waals surface area (Å²) >= 11 is 0. The Balaban J connectivity index is 1.03. The maximum absolute atomic E-state index is 6.41. The molecule has 0 aliphatic rings. The average molecular weight is 749 g/mol. The van der Waals surface area contributed by atoms with Gasteiger partial charge in [-0.2, -0.15) is 0 Å². The van der Waals surface area contributed by atoms with E-state index in [0.717, 1.165) is 33.1 Å². The van der Waals surface area contributed by atoms with Gasteiger partial charge < -0.3 is 4.42 Å². The van der Waals surface area contributed by atoms with E-state index in [9.17, 15) is 0 Å². The molecule has 0 amide bonds. The fourth-order valence-electron chi connectivity index (χ4n) is 9.15. The molecule has 274 valence electrons. The summed E-state index contributed by atoms with van der Waals surface area (Å²) in [4.78, 5) is 0. The van der Waals surface area contributed by atoms with Crippen LogP contribution in [0, 0.1) is 0 Å². The molecule has 0 N–H and O–H groups in total. The van der Waals surface area contributed by atoms with E-state index >= 15 is 0 Å². The molecule has 0 bridgehead atoms. The van der Waals surface area contributed by atoms with Gasteiger partial charge in [-0.1, -0.05) is 152 Å². The normalized spacial score (nSPS) is 11.7. The summed E-state index contributed by atoms with van der Waals surface area (Å²) in [6.45, 7) is 0. The SMILES string of the molecule is c1ccc(-c2ccc3oc4ccc(-c5cc(-c6ccc7cc(-c8ccc9ccccc9c8)ccc7c6)cc(-c6cc7ccccc7c7ccccc67)c5)cc4c3c2)cc1. The summed E-state index contributed by atoms with van der Waals surface area (Å²) in [5, 5.41) is 12.2. The van der Waals surface area contributed by atoms with Crippen LogP contribution in [-0.2, 0) is 0 Å². The molecule has 0 fully saturated rings. The average Bonchev–Trinajstić information content (AvgIpc) is 3.68. The molecule has 1 aromatic heterocycles. The second-order valence-electron chi connectivity index (χ2n) is 15.7. The van der Waals surface area contributed by atoms with E-state index in [-0.39, 0.29) is 0 Å². The topological polar surface area (TPSA) is 13.1 Å². The number of rotatable bonds is 5. The van der Waals surface area contributed by atoms with Crippen molar-refractivity contribution in [3.8, 4) is 55.6 Å². The molecule has 0 radical (unpaired) electrons. The van der Waals surface area contributed by atoms with Crippen molar-refractivity contribution in [3.63, 3.8) is 0 Å². The van der Waals surface area contributed by atoms with Crippen LogP contribution in [0.25, 0.3) is 121 Å². The van der Waals surface area contributed by atoms with Gasteiger partial charge in [0.15, 0.2) is 0 Å². The van der Waals surface area contributed by atoms with E-state index in [4.69, 9.17) is 4.42 Å². The van der Waals surface area contributed by atoms with Gasteiger partial charge in [-0.3, -0.25) is 0 Å². The van der Waals surface area contributed by atoms with Crippen LogP contribution in [0.5, 0.6) is 0 Å². The summed E-state index contributed by atoms with van der Waals surface area (Å²) in [5.74, 6) is 0. The molecule has 1 heteroatoms. The minimum absolute atomic E-state index is 0.892. The first-order valence-electron chi connectivity index (χ1n) is 20.3. The first-order chi connectivity index (χ1) is 29.2. The number of fused-ring (bicyclic) bond motifs is 8. The lowest BCUT2D eigenvalue weighted by atomic mass is 9.88. The molecule has 0 spiro atoms. The van der Waals surface area contributed by atoms with Gasteiger partial charge in [0, 0.05) is 10.8 Å². The van der Waals surface area contributed by atoms with Gasteiger partial charge in [-0.15, -0.1) is 0 Å². The molecule has 0 saturated heterocycles. The van der Waals surface area contributed by atoms with Crippen molar-refractivity contribution in [1.29, 1.82) is 0 Å². The zero-order chi connectivity index (χ0) is 38.9. The lowest BCUT2D eigenvalue weighted by Gasteiger charge is -2.15. The molecule has 0 saturated carbocycles. The van der Waals surface area contributed by atoms with Crippen LogP contribution in [0.2, 0.25) is 0 Å². The highest BCUT2D eigenvalue weighted by Crippen LogP contribution is 2.41. The minimum atomic E-state index is 0.892. The third-order valence-corrected chi connectivity index (χ3v) is 12.2. The van der Waals surface area contributed by atoms with Crippen LogP contribution >= 0.6 is 0 Å². The van der Waals surface area contributed by atoms with E-state index in [0.29, 0.717) is 0 Å². The van der Waals surface area contributed by atoms with Gasteiger partial charge in [0.2, 0.25) is 0 Å². The van der Waals surface area contributed by atoms with Crippen molar-refractivity contribution >= 4 is 65.0 Å². The van der Waals surface area contributed by atoms with Gasteiger partial charge >= 0.3 is 0 Å². The second kappa shape index (κ2) is 13.4. The predicted molar refractivity (Wildman–Crippen MR) is 251 cm³/mol. The van der Waals surface area contributed by atoms with Gasteiger partial charge in [0.1, 0.15) is 11.2 Å². The number of benzene rings is 11. The molecule has 1 nitrogen and oxygen atoms in total. The Morgan fingerprint density at radius 2 is 0.644 bits per heavy atom. The third-order valence-electron chi connectivity index (χ3n) is 12.2. The Hall–Kier alpha value is -7.74. The van der Waals surface area contributed by atoms with E-state index in [1.807, 2.05) is 0 Å². The van der Waals surface area contributed by atoms with Gasteiger partial charge in [0.05, 0.1) is 0 Å². The van der Waals surface area contributed by atoms with Crippen LogP contribution in [0.4, 0.5) is 0 Å². The summed E-state index contributed by atoms with van der Waals surface area (Å²) < 4.78 is 6.41. The Bertz CT molecular complexity index is 3610. The third kappa shape index (κ3) is 5.78. The first kappa shape index (κ1) is 33.4. The van der Waals surface area contributed by atoms with Crippen LogP contribution in [0.15, 0.2) is 223 Å². The molecular formula is C58H36O. The zero-order valence-electron chi connectivity index (χ0n) is 32.2. The van der Waals surface area contributed by atoms with E-state index in [1.165, 1.54) is 87.6 Å². The molecule has 59 heavy (non-hydrogen) atoms. The quantitative estimate of drug-likeness (QED) is 0.160. The highest BCUT2D eigenvalue weighted by atomic mass is 16.3. The molecule has 0 aliphatic heterocycles. The fraction of sp³-hybridized carbons (Fsp3) is 0. The maximum Gasteiger partial charge on any atom is 0.135 e. The van der Waals surface area contributed by atoms with Crippen LogP contribution in [-0.4, -0.2) is 0 Å². The lowest BCUT2D eigenvalue weighted by molar-refractivity contribution is 0.669. The molecule has 12 aromatic rings. The number of hydrogen-bond acceptors (Lipinski definition) is 1. The van der Waals surface area contributed by atoms with Crippen molar-refractivity contribution in [3.05, 3.63) is 218 Å². The Kier molecular flexibility index (Phi) is 7.61. The summed E-state index contributed by atoms with van der Waals surface area (Å²) in [7, 11) is 0. The van der Waals surface area contributed by atoms with Crippen LogP contribution in [0.1, 0.15) is 0 Å². The Morgan fingerprint density at radius 1 is 0.203 bits per heavy atom. The zero-order valence-corrected chi connectivity index (χ0v) is 32.2. The summed E-state index contributed by atoms with van der Waals surface area (Å²) in [5.41, 5.74) is 13.7.